The number of nitrogens with zero attached hydrogens (tertiary/aromatic N) is 2. The van der Waals surface area contributed by atoms with E-state index in [0.717, 1.165) is 40.6 Å². The molecule has 0 radical (unpaired) electrons. The van der Waals surface area contributed by atoms with Crippen molar-refractivity contribution in [1.82, 2.24) is 14.9 Å². The second-order valence-electron chi connectivity index (χ2n) is 7.84. The third kappa shape index (κ3) is 2.70. The zero-order valence-corrected chi connectivity index (χ0v) is 15.8. The molecular weight excluding hydrogens is 370 g/mol. The van der Waals surface area contributed by atoms with Gasteiger partial charge >= 0.3 is 6.09 Å². The number of H-pyrrole nitrogens is 1. The second-order valence-corrected chi connectivity index (χ2v) is 8.76. The summed E-state index contributed by atoms with van der Waals surface area (Å²) in [6, 6.07) is 6.26. The van der Waals surface area contributed by atoms with Gasteiger partial charge in [0, 0.05) is 10.5 Å². The van der Waals surface area contributed by atoms with Crippen molar-refractivity contribution in [3.63, 3.8) is 0 Å². The Kier molecular flexibility index (Phi) is 3.64. The monoisotopic (exact) mass is 391 g/mol. The minimum atomic E-state index is -0.484. The molecule has 1 aliphatic carbocycles. The predicted octanol–water partition coefficient (Wildman–Crippen LogP) is 4.79. The second kappa shape index (κ2) is 5.48. The van der Waals surface area contributed by atoms with Gasteiger partial charge in [-0.3, -0.25) is 4.90 Å². The summed E-state index contributed by atoms with van der Waals surface area (Å²) in [4.78, 5) is 22.9. The van der Waals surface area contributed by atoms with Gasteiger partial charge in [0.2, 0.25) is 0 Å². The number of aromatic nitrogens is 2. The van der Waals surface area contributed by atoms with E-state index in [1.807, 2.05) is 43.9 Å². The first kappa shape index (κ1) is 15.9. The van der Waals surface area contributed by atoms with Gasteiger partial charge in [-0.15, -0.1) is 0 Å². The van der Waals surface area contributed by atoms with Gasteiger partial charge < -0.3 is 9.72 Å². The number of piperidine rings is 1. The molecular formula is C18H22BrN3O2. The highest BCUT2D eigenvalue weighted by atomic mass is 79.9. The molecule has 6 heteroatoms. The molecule has 128 valence electrons. The van der Waals surface area contributed by atoms with Gasteiger partial charge in [0.15, 0.2) is 0 Å². The maximum absolute atomic E-state index is 12.8. The summed E-state index contributed by atoms with van der Waals surface area (Å²) in [6.07, 6.45) is 3.04. The van der Waals surface area contributed by atoms with Crippen molar-refractivity contribution >= 4 is 33.1 Å². The SMILES string of the molecule is CC(C)(C)OC(=O)N1[C@H]2CC[C@H](C2)[C@@H]1c1nc2ccc(Br)cc2[nH]1. The number of imidazole rings is 1. The Hall–Kier alpha value is -1.56. The van der Waals surface area contributed by atoms with Crippen LogP contribution in [0.1, 0.15) is 51.9 Å². The van der Waals surface area contributed by atoms with E-state index in [-0.39, 0.29) is 18.2 Å². The number of hydrogen-bond acceptors (Lipinski definition) is 3. The largest absolute Gasteiger partial charge is 0.444 e. The maximum atomic E-state index is 12.8. The van der Waals surface area contributed by atoms with Crippen molar-refractivity contribution in [3.8, 4) is 0 Å². The number of fused-ring (bicyclic) bond motifs is 3. The highest BCUT2D eigenvalue weighted by Gasteiger charge is 2.51. The molecule has 2 aliphatic rings. The number of likely N-dealkylation sites (tertiary alicyclic amines) is 1. The van der Waals surface area contributed by atoms with Crippen molar-refractivity contribution < 1.29 is 9.53 Å². The Morgan fingerprint density at radius 3 is 2.92 bits per heavy atom. The Morgan fingerprint density at radius 1 is 1.38 bits per heavy atom. The number of nitrogens with one attached hydrogen (secondary N) is 1. The number of amides is 1. The summed E-state index contributed by atoms with van der Waals surface area (Å²) in [6.45, 7) is 5.73. The number of ether oxygens (including phenoxy) is 1. The molecule has 5 nitrogen and oxygen atoms in total. The van der Waals surface area contributed by atoms with Crippen LogP contribution in [-0.4, -0.2) is 32.6 Å². The van der Waals surface area contributed by atoms with E-state index in [1.165, 1.54) is 0 Å². The van der Waals surface area contributed by atoms with Crippen LogP contribution < -0.4 is 0 Å². The van der Waals surface area contributed by atoms with E-state index < -0.39 is 5.60 Å². The molecule has 4 rings (SSSR count). The molecule has 1 amide bonds. The van der Waals surface area contributed by atoms with Crippen LogP contribution in [0.5, 0.6) is 0 Å². The normalized spacial score (nSPS) is 26.3. The first-order valence-electron chi connectivity index (χ1n) is 8.48. The van der Waals surface area contributed by atoms with Gasteiger partial charge in [-0.1, -0.05) is 15.9 Å². The van der Waals surface area contributed by atoms with Crippen LogP contribution in [0.3, 0.4) is 0 Å². The topological polar surface area (TPSA) is 58.2 Å². The van der Waals surface area contributed by atoms with Crippen LogP contribution in [0.4, 0.5) is 4.79 Å². The minimum Gasteiger partial charge on any atom is -0.444 e. The zero-order valence-electron chi connectivity index (χ0n) is 14.2. The fraction of sp³-hybridized carbons (Fsp3) is 0.556. The molecule has 2 heterocycles. The van der Waals surface area contributed by atoms with Crippen LogP contribution in [0.15, 0.2) is 22.7 Å². The summed E-state index contributed by atoms with van der Waals surface area (Å²) >= 11 is 3.49. The van der Waals surface area contributed by atoms with Crippen molar-refractivity contribution in [2.24, 2.45) is 5.92 Å². The average molecular weight is 392 g/mol. The van der Waals surface area contributed by atoms with Gasteiger partial charge in [-0.2, -0.15) is 0 Å². The lowest BCUT2D eigenvalue weighted by Crippen LogP contribution is -2.43. The molecule has 1 aliphatic heterocycles. The Balaban J connectivity index is 1.69. The third-order valence-electron chi connectivity index (χ3n) is 4.93. The van der Waals surface area contributed by atoms with Crippen LogP contribution in [0.2, 0.25) is 0 Å². The Labute approximate surface area is 149 Å². The number of rotatable bonds is 1. The first-order valence-corrected chi connectivity index (χ1v) is 9.27. The van der Waals surface area contributed by atoms with Crippen molar-refractivity contribution in [2.45, 2.75) is 57.7 Å². The van der Waals surface area contributed by atoms with E-state index >= 15 is 0 Å². The van der Waals surface area contributed by atoms with Gasteiger partial charge in [-0.05, 0) is 64.2 Å². The van der Waals surface area contributed by atoms with Crippen molar-refractivity contribution in [3.05, 3.63) is 28.5 Å². The van der Waals surface area contributed by atoms with Gasteiger partial charge in [0.1, 0.15) is 11.4 Å². The average Bonchev–Trinajstić information content (AvgIpc) is 3.17. The zero-order chi connectivity index (χ0) is 17.1. The van der Waals surface area contributed by atoms with Crippen molar-refractivity contribution in [1.29, 1.82) is 0 Å². The van der Waals surface area contributed by atoms with E-state index in [4.69, 9.17) is 9.72 Å². The number of hydrogen-bond donors (Lipinski definition) is 1. The summed E-state index contributed by atoms with van der Waals surface area (Å²) in [5.74, 6) is 1.34. The molecule has 2 aromatic rings. The Morgan fingerprint density at radius 2 is 2.17 bits per heavy atom. The molecule has 24 heavy (non-hydrogen) atoms. The highest BCUT2D eigenvalue weighted by molar-refractivity contribution is 9.10. The van der Waals surface area contributed by atoms with E-state index in [9.17, 15) is 4.79 Å². The minimum absolute atomic E-state index is 0.00947. The summed E-state index contributed by atoms with van der Waals surface area (Å²) in [5.41, 5.74) is 1.44. The predicted molar refractivity (Wildman–Crippen MR) is 95.7 cm³/mol. The third-order valence-corrected chi connectivity index (χ3v) is 5.43. The lowest BCUT2D eigenvalue weighted by Gasteiger charge is -2.35. The summed E-state index contributed by atoms with van der Waals surface area (Å²) < 4.78 is 6.67. The quantitative estimate of drug-likeness (QED) is 0.760. The van der Waals surface area contributed by atoms with Crippen LogP contribution in [0.25, 0.3) is 11.0 Å². The van der Waals surface area contributed by atoms with Crippen LogP contribution in [-0.2, 0) is 4.74 Å². The molecule has 3 atom stereocenters. The fourth-order valence-corrected chi connectivity index (χ4v) is 4.42. The standard InChI is InChI=1S/C18H22BrN3O2/c1-18(2,3)24-17(23)22-12-6-4-10(8-12)15(22)16-20-13-7-5-11(19)9-14(13)21-16/h5,7,9-10,12,15H,4,6,8H2,1-3H3,(H,20,21)/t10-,12+,15-/m1/s1. The number of benzene rings is 1. The summed E-state index contributed by atoms with van der Waals surface area (Å²) in [5, 5.41) is 0. The van der Waals surface area contributed by atoms with Crippen LogP contribution in [0, 0.1) is 5.92 Å². The maximum Gasteiger partial charge on any atom is 0.411 e. The van der Waals surface area contributed by atoms with Crippen molar-refractivity contribution in [2.75, 3.05) is 0 Å². The molecule has 1 aromatic heterocycles. The fourth-order valence-electron chi connectivity index (χ4n) is 4.06. The molecule has 2 bridgehead atoms. The molecule has 2 fully saturated rings. The lowest BCUT2D eigenvalue weighted by atomic mass is 9.98. The molecule has 0 spiro atoms. The number of carbonyl (C=O) groups excluding carboxylic acids is 1. The van der Waals surface area contributed by atoms with E-state index in [1.54, 1.807) is 0 Å². The summed E-state index contributed by atoms with van der Waals surface area (Å²) in [7, 11) is 0. The molecule has 1 N–H and O–H groups in total. The number of aromatic amines is 1. The smallest absolute Gasteiger partial charge is 0.411 e. The lowest BCUT2D eigenvalue weighted by molar-refractivity contribution is 0.00623. The first-order chi connectivity index (χ1) is 11.3. The molecule has 1 saturated carbocycles. The van der Waals surface area contributed by atoms with Gasteiger partial charge in [0.25, 0.3) is 0 Å². The molecule has 1 aromatic carbocycles. The molecule has 1 saturated heterocycles. The Bertz CT molecular complexity index is 795. The van der Waals surface area contributed by atoms with E-state index in [2.05, 4.69) is 20.9 Å². The number of halogens is 1. The molecule has 0 unspecified atom stereocenters. The number of carbonyl (C=O) groups is 1. The van der Waals surface area contributed by atoms with Gasteiger partial charge in [0.05, 0.1) is 17.1 Å². The highest BCUT2D eigenvalue weighted by Crippen LogP contribution is 2.50. The van der Waals surface area contributed by atoms with Gasteiger partial charge in [-0.25, -0.2) is 9.78 Å². The van der Waals surface area contributed by atoms with E-state index in [0.29, 0.717) is 5.92 Å². The van der Waals surface area contributed by atoms with Crippen LogP contribution >= 0.6 is 15.9 Å².